The van der Waals surface area contributed by atoms with E-state index in [1.54, 1.807) is 0 Å². The fraction of sp³-hybridized carbons (Fsp3) is 0.706. The summed E-state index contributed by atoms with van der Waals surface area (Å²) in [6.07, 6.45) is 5.62. The fourth-order valence-corrected chi connectivity index (χ4v) is 2.96. The van der Waals surface area contributed by atoms with Crippen LogP contribution in [-0.4, -0.2) is 47.0 Å². The molecule has 0 aromatic carbocycles. The smallest absolute Gasteiger partial charge is 0.272 e. The molecule has 0 unspecified atom stereocenters. The van der Waals surface area contributed by atoms with E-state index < -0.39 is 0 Å². The molecule has 0 spiro atoms. The van der Waals surface area contributed by atoms with Crippen molar-refractivity contribution in [3.63, 3.8) is 0 Å². The van der Waals surface area contributed by atoms with Crippen molar-refractivity contribution in [2.45, 2.75) is 52.9 Å². The molecule has 1 aliphatic heterocycles. The Morgan fingerprint density at radius 2 is 1.77 bits per heavy atom. The van der Waals surface area contributed by atoms with Crippen LogP contribution in [-0.2, 0) is 0 Å². The summed E-state index contributed by atoms with van der Waals surface area (Å²) in [5.74, 6) is 1.62. The molecule has 1 amide bonds. The lowest BCUT2D eigenvalue weighted by molar-refractivity contribution is 0.0749. The first-order valence-electron chi connectivity index (χ1n) is 8.55. The van der Waals surface area contributed by atoms with Crippen LogP contribution < -0.4 is 4.90 Å². The Balaban J connectivity index is 2.22. The van der Waals surface area contributed by atoms with Crippen LogP contribution in [0.1, 0.15) is 62.3 Å². The molecule has 0 aliphatic carbocycles. The summed E-state index contributed by atoms with van der Waals surface area (Å²) in [4.78, 5) is 25.8. The molecule has 5 heteroatoms. The van der Waals surface area contributed by atoms with Crippen molar-refractivity contribution < 1.29 is 4.79 Å². The lowest BCUT2D eigenvalue weighted by atomic mass is 10.1. The van der Waals surface area contributed by atoms with Gasteiger partial charge in [0.25, 0.3) is 5.91 Å². The number of carbonyl (C=O) groups excluding carboxylic acids is 1. The number of hydrogen-bond donors (Lipinski definition) is 0. The van der Waals surface area contributed by atoms with Gasteiger partial charge in [-0.05, 0) is 39.0 Å². The molecular weight excluding hydrogens is 276 g/mol. The van der Waals surface area contributed by atoms with Gasteiger partial charge in [0.15, 0.2) is 0 Å². The fourth-order valence-electron chi connectivity index (χ4n) is 2.96. The Morgan fingerprint density at radius 3 is 2.36 bits per heavy atom. The number of amides is 1. The van der Waals surface area contributed by atoms with Crippen molar-refractivity contribution in [3.8, 4) is 0 Å². The minimum absolute atomic E-state index is 0.0347. The summed E-state index contributed by atoms with van der Waals surface area (Å²) >= 11 is 0. The van der Waals surface area contributed by atoms with Crippen molar-refractivity contribution in [1.82, 2.24) is 14.9 Å². The zero-order chi connectivity index (χ0) is 15.9. The maximum absolute atomic E-state index is 12.7. The third-order valence-electron chi connectivity index (χ3n) is 4.00. The number of aryl methyl sites for hydroxylation is 1. The normalized spacial score (nSPS) is 15.0. The molecule has 0 atom stereocenters. The molecule has 1 saturated heterocycles. The second kappa shape index (κ2) is 8.11. The molecule has 1 fully saturated rings. The monoisotopic (exact) mass is 304 g/mol. The largest absolute Gasteiger partial charge is 0.356 e. The van der Waals surface area contributed by atoms with Crippen LogP contribution in [0.15, 0.2) is 6.07 Å². The maximum atomic E-state index is 12.7. The highest BCUT2D eigenvalue weighted by atomic mass is 16.2. The molecule has 0 radical (unpaired) electrons. The molecular formula is C17H28N4O. The summed E-state index contributed by atoms with van der Waals surface area (Å²) in [5, 5.41) is 0. The van der Waals surface area contributed by atoms with Crippen LogP contribution in [0.5, 0.6) is 0 Å². The van der Waals surface area contributed by atoms with Gasteiger partial charge in [0.05, 0.1) is 0 Å². The summed E-state index contributed by atoms with van der Waals surface area (Å²) in [5.41, 5.74) is 0.537. The topological polar surface area (TPSA) is 49.3 Å². The molecule has 1 aromatic heterocycles. The predicted octanol–water partition coefficient (Wildman–Crippen LogP) is 3.04. The van der Waals surface area contributed by atoms with Crippen LogP contribution in [0.4, 0.5) is 5.82 Å². The minimum atomic E-state index is 0.0347. The van der Waals surface area contributed by atoms with Gasteiger partial charge in [-0.3, -0.25) is 4.79 Å². The summed E-state index contributed by atoms with van der Waals surface area (Å²) in [6, 6.07) is 1.87. The number of rotatable bonds is 6. The van der Waals surface area contributed by atoms with Crippen molar-refractivity contribution in [2.75, 3.05) is 31.1 Å². The maximum Gasteiger partial charge on any atom is 0.272 e. The van der Waals surface area contributed by atoms with Crippen LogP contribution in [0.2, 0.25) is 0 Å². The third-order valence-corrected chi connectivity index (χ3v) is 4.00. The number of aromatic nitrogens is 2. The lowest BCUT2D eigenvalue weighted by Crippen LogP contribution is -2.34. The van der Waals surface area contributed by atoms with Crippen molar-refractivity contribution >= 4 is 11.7 Å². The van der Waals surface area contributed by atoms with E-state index in [9.17, 15) is 4.79 Å². The predicted molar refractivity (Wildman–Crippen MR) is 89.3 cm³/mol. The molecule has 1 aliphatic rings. The van der Waals surface area contributed by atoms with Crippen LogP contribution in [0, 0.1) is 6.92 Å². The number of nitrogens with zero attached hydrogens (tertiary/aromatic N) is 4. The van der Waals surface area contributed by atoms with Crippen LogP contribution in [0.3, 0.4) is 0 Å². The number of hydrogen-bond acceptors (Lipinski definition) is 4. The van der Waals surface area contributed by atoms with Crippen LogP contribution in [0.25, 0.3) is 0 Å². The Labute approximate surface area is 133 Å². The van der Waals surface area contributed by atoms with Gasteiger partial charge in [-0.1, -0.05) is 13.8 Å². The first-order valence-corrected chi connectivity index (χ1v) is 8.55. The Bertz CT molecular complexity index is 491. The summed E-state index contributed by atoms with van der Waals surface area (Å²) in [6.45, 7) is 9.69. The summed E-state index contributed by atoms with van der Waals surface area (Å²) in [7, 11) is 0. The van der Waals surface area contributed by atoms with E-state index in [1.807, 2.05) is 17.9 Å². The highest BCUT2D eigenvalue weighted by Gasteiger charge is 2.20. The Kier molecular flexibility index (Phi) is 6.16. The number of anilines is 1. The van der Waals surface area contributed by atoms with E-state index in [0.29, 0.717) is 11.5 Å². The molecule has 0 N–H and O–H groups in total. The molecule has 5 nitrogen and oxygen atoms in total. The van der Waals surface area contributed by atoms with E-state index in [-0.39, 0.29) is 5.91 Å². The van der Waals surface area contributed by atoms with Gasteiger partial charge in [0.1, 0.15) is 17.3 Å². The van der Waals surface area contributed by atoms with Gasteiger partial charge in [-0.2, -0.15) is 0 Å². The highest BCUT2D eigenvalue weighted by Crippen LogP contribution is 2.19. The molecule has 22 heavy (non-hydrogen) atoms. The first-order chi connectivity index (χ1) is 10.7. The van der Waals surface area contributed by atoms with Gasteiger partial charge in [0, 0.05) is 32.2 Å². The van der Waals surface area contributed by atoms with Gasteiger partial charge in [-0.25, -0.2) is 9.97 Å². The molecule has 0 saturated carbocycles. The van der Waals surface area contributed by atoms with Gasteiger partial charge < -0.3 is 9.80 Å². The van der Waals surface area contributed by atoms with Crippen LogP contribution >= 0.6 is 0 Å². The molecule has 1 aromatic rings. The van der Waals surface area contributed by atoms with Crippen molar-refractivity contribution in [2.24, 2.45) is 0 Å². The van der Waals surface area contributed by atoms with E-state index in [4.69, 9.17) is 0 Å². The second-order valence-electron chi connectivity index (χ2n) is 6.00. The van der Waals surface area contributed by atoms with E-state index >= 15 is 0 Å². The van der Waals surface area contributed by atoms with Gasteiger partial charge >= 0.3 is 0 Å². The van der Waals surface area contributed by atoms with E-state index in [2.05, 4.69) is 28.7 Å². The Hall–Kier alpha value is -1.65. The SMILES string of the molecule is CCCN(CCC)C(=O)c1cc(N2CCCCC2)nc(C)n1. The third kappa shape index (κ3) is 4.18. The quantitative estimate of drug-likeness (QED) is 0.810. The zero-order valence-corrected chi connectivity index (χ0v) is 14.1. The average Bonchev–Trinajstić information content (AvgIpc) is 2.54. The minimum Gasteiger partial charge on any atom is -0.356 e. The molecule has 122 valence electrons. The molecule has 2 heterocycles. The van der Waals surface area contributed by atoms with E-state index in [1.165, 1.54) is 19.3 Å². The van der Waals surface area contributed by atoms with Gasteiger partial charge in [0.2, 0.25) is 0 Å². The Morgan fingerprint density at radius 1 is 1.14 bits per heavy atom. The van der Waals surface area contributed by atoms with Crippen molar-refractivity contribution in [1.29, 1.82) is 0 Å². The van der Waals surface area contributed by atoms with Crippen molar-refractivity contribution in [3.05, 3.63) is 17.6 Å². The highest BCUT2D eigenvalue weighted by molar-refractivity contribution is 5.93. The number of carbonyl (C=O) groups is 1. The zero-order valence-electron chi connectivity index (χ0n) is 14.1. The van der Waals surface area contributed by atoms with E-state index in [0.717, 1.165) is 44.8 Å². The second-order valence-corrected chi connectivity index (χ2v) is 6.00. The molecule has 2 rings (SSSR count). The lowest BCUT2D eigenvalue weighted by Gasteiger charge is -2.28. The van der Waals surface area contributed by atoms with Gasteiger partial charge in [-0.15, -0.1) is 0 Å². The number of piperidine rings is 1. The molecule has 0 bridgehead atoms. The first kappa shape index (κ1) is 16.7. The summed E-state index contributed by atoms with van der Waals surface area (Å²) < 4.78 is 0. The average molecular weight is 304 g/mol. The standard InChI is InChI=1S/C17H28N4O/c1-4-9-21(10-5-2)17(22)15-13-16(19-14(3)18-15)20-11-7-6-8-12-20/h13H,4-12H2,1-3H3.